The number of nitrogens with zero attached hydrogens (tertiary/aromatic N) is 3. The summed E-state index contributed by atoms with van der Waals surface area (Å²) in [7, 11) is -3.84. The van der Waals surface area contributed by atoms with Crippen LogP contribution in [-0.2, 0) is 43.4 Å². The van der Waals surface area contributed by atoms with Crippen molar-refractivity contribution in [1.29, 1.82) is 0 Å². The summed E-state index contributed by atoms with van der Waals surface area (Å²) in [6.07, 6.45) is -0.177. The molecule has 0 aromatic heterocycles. The molecule has 0 saturated heterocycles. The monoisotopic (exact) mass is 509 g/mol. The molecule has 0 aliphatic carbocycles. The Morgan fingerprint density at radius 2 is 1.36 bits per heavy atom. The standard InChI is InChI=1S/C27H31N3O5S/c1-36(31,32)35-26(21-33-19-23-13-7-3-8-14-23)27(34-20-24-15-9-4-10-16-24)25(18-29-30-28)17-22-11-5-2-6-12-22/h2-16,25-27H,17-21H2,1H3. The average molecular weight is 510 g/mol. The molecule has 0 amide bonds. The molecule has 3 unspecified atom stereocenters. The van der Waals surface area contributed by atoms with Crippen molar-refractivity contribution in [3.05, 3.63) is 118 Å². The van der Waals surface area contributed by atoms with Crippen LogP contribution in [0.5, 0.6) is 0 Å². The predicted molar refractivity (Wildman–Crippen MR) is 138 cm³/mol. The van der Waals surface area contributed by atoms with Gasteiger partial charge in [-0.1, -0.05) is 96.1 Å². The van der Waals surface area contributed by atoms with E-state index in [0.717, 1.165) is 22.9 Å². The second kappa shape index (κ2) is 14.4. The molecular weight excluding hydrogens is 478 g/mol. The Kier molecular flexibility index (Phi) is 10.9. The van der Waals surface area contributed by atoms with Crippen LogP contribution in [0, 0.1) is 5.92 Å². The molecule has 190 valence electrons. The molecule has 0 radical (unpaired) electrons. The van der Waals surface area contributed by atoms with E-state index in [2.05, 4.69) is 10.0 Å². The Morgan fingerprint density at radius 1 is 0.833 bits per heavy atom. The Balaban J connectivity index is 1.88. The van der Waals surface area contributed by atoms with Gasteiger partial charge in [0, 0.05) is 11.5 Å². The van der Waals surface area contributed by atoms with Crippen LogP contribution >= 0.6 is 0 Å². The zero-order chi connectivity index (χ0) is 25.6. The van der Waals surface area contributed by atoms with Crippen LogP contribution in [0.25, 0.3) is 10.4 Å². The second-order valence-electron chi connectivity index (χ2n) is 8.46. The van der Waals surface area contributed by atoms with Crippen molar-refractivity contribution in [2.45, 2.75) is 31.8 Å². The summed E-state index contributed by atoms with van der Waals surface area (Å²) >= 11 is 0. The molecule has 0 N–H and O–H groups in total. The van der Waals surface area contributed by atoms with Crippen LogP contribution in [0.1, 0.15) is 16.7 Å². The van der Waals surface area contributed by atoms with Gasteiger partial charge in [-0.15, -0.1) is 0 Å². The lowest BCUT2D eigenvalue weighted by molar-refractivity contribution is -0.0906. The molecule has 3 aromatic rings. The van der Waals surface area contributed by atoms with Crippen LogP contribution in [0.3, 0.4) is 0 Å². The Bertz CT molecular complexity index is 1190. The molecule has 0 aliphatic rings. The smallest absolute Gasteiger partial charge is 0.264 e. The van der Waals surface area contributed by atoms with E-state index < -0.39 is 22.3 Å². The normalized spacial score (nSPS) is 13.9. The molecule has 0 bridgehead atoms. The van der Waals surface area contributed by atoms with Crippen molar-refractivity contribution in [2.24, 2.45) is 11.0 Å². The highest BCUT2D eigenvalue weighted by Gasteiger charge is 2.34. The summed E-state index contributed by atoms with van der Waals surface area (Å²) in [6, 6.07) is 28.9. The number of azide groups is 1. The Hall–Kier alpha value is -3.20. The number of hydrogen-bond acceptors (Lipinski definition) is 6. The molecule has 0 fully saturated rings. The molecule has 9 heteroatoms. The third-order valence-corrected chi connectivity index (χ3v) is 6.13. The summed E-state index contributed by atoms with van der Waals surface area (Å²) in [5, 5.41) is 3.81. The molecule has 8 nitrogen and oxygen atoms in total. The highest BCUT2D eigenvalue weighted by atomic mass is 32.2. The van der Waals surface area contributed by atoms with E-state index >= 15 is 0 Å². The van der Waals surface area contributed by atoms with Gasteiger partial charge in [-0.25, -0.2) is 0 Å². The topological polar surface area (TPSA) is 111 Å². The van der Waals surface area contributed by atoms with Gasteiger partial charge in [0.25, 0.3) is 10.1 Å². The maximum atomic E-state index is 12.2. The lowest BCUT2D eigenvalue weighted by Gasteiger charge is -2.32. The minimum absolute atomic E-state index is 0.0248. The zero-order valence-corrected chi connectivity index (χ0v) is 21.0. The lowest BCUT2D eigenvalue weighted by atomic mass is 9.90. The fourth-order valence-corrected chi connectivity index (χ4v) is 4.54. The maximum Gasteiger partial charge on any atom is 0.264 e. The first-order valence-corrected chi connectivity index (χ1v) is 13.5. The minimum atomic E-state index is -3.84. The van der Waals surface area contributed by atoms with E-state index in [4.69, 9.17) is 19.2 Å². The second-order valence-corrected chi connectivity index (χ2v) is 10.1. The third kappa shape index (κ3) is 9.81. The van der Waals surface area contributed by atoms with Gasteiger partial charge >= 0.3 is 0 Å². The van der Waals surface area contributed by atoms with Crippen molar-refractivity contribution in [3.8, 4) is 0 Å². The minimum Gasteiger partial charge on any atom is -0.374 e. The van der Waals surface area contributed by atoms with Gasteiger partial charge in [-0.2, -0.15) is 8.42 Å². The quantitative estimate of drug-likeness (QED) is 0.119. The summed E-state index contributed by atoms with van der Waals surface area (Å²) in [6.45, 7) is 0.598. The van der Waals surface area contributed by atoms with Gasteiger partial charge in [-0.05, 0) is 34.6 Å². The Labute approximate surface area is 212 Å². The number of hydrogen-bond donors (Lipinski definition) is 0. The van der Waals surface area contributed by atoms with Crippen LogP contribution < -0.4 is 0 Å². The van der Waals surface area contributed by atoms with Crippen molar-refractivity contribution in [1.82, 2.24) is 0 Å². The van der Waals surface area contributed by atoms with E-state index in [0.29, 0.717) is 6.42 Å². The van der Waals surface area contributed by atoms with E-state index in [1.54, 1.807) is 0 Å². The lowest BCUT2D eigenvalue weighted by Crippen LogP contribution is -2.44. The van der Waals surface area contributed by atoms with Crippen LogP contribution in [0.2, 0.25) is 0 Å². The highest BCUT2D eigenvalue weighted by molar-refractivity contribution is 7.86. The van der Waals surface area contributed by atoms with E-state index in [1.165, 1.54) is 0 Å². The average Bonchev–Trinajstić information content (AvgIpc) is 2.88. The molecule has 0 spiro atoms. The van der Waals surface area contributed by atoms with E-state index in [9.17, 15) is 8.42 Å². The third-order valence-electron chi connectivity index (χ3n) is 5.53. The fraction of sp³-hybridized carbons (Fsp3) is 0.333. The van der Waals surface area contributed by atoms with Crippen molar-refractivity contribution < 1.29 is 22.1 Å². The maximum absolute atomic E-state index is 12.2. The van der Waals surface area contributed by atoms with Gasteiger partial charge in [0.05, 0.1) is 32.2 Å². The van der Waals surface area contributed by atoms with E-state index in [1.807, 2.05) is 91.0 Å². The summed E-state index contributed by atoms with van der Waals surface area (Å²) in [5.74, 6) is -0.362. The van der Waals surface area contributed by atoms with Crippen LogP contribution in [0.15, 0.2) is 96.1 Å². The molecule has 3 aromatic carbocycles. The molecule has 0 heterocycles. The van der Waals surface area contributed by atoms with Crippen molar-refractivity contribution >= 4 is 10.1 Å². The molecule has 36 heavy (non-hydrogen) atoms. The zero-order valence-electron chi connectivity index (χ0n) is 20.2. The molecular formula is C27H31N3O5S. The van der Waals surface area contributed by atoms with E-state index in [-0.39, 0.29) is 32.3 Å². The SMILES string of the molecule is CS(=O)(=O)OC(COCc1ccccc1)C(OCc1ccccc1)C(CN=[N+]=[N-])Cc1ccccc1. The largest absolute Gasteiger partial charge is 0.374 e. The molecule has 3 rings (SSSR count). The summed E-state index contributed by atoms with van der Waals surface area (Å²) in [4.78, 5) is 2.93. The predicted octanol–water partition coefficient (Wildman–Crippen LogP) is 5.30. The first-order valence-electron chi connectivity index (χ1n) is 11.6. The van der Waals surface area contributed by atoms with Crippen molar-refractivity contribution in [3.63, 3.8) is 0 Å². The number of ether oxygens (including phenoxy) is 2. The molecule has 3 atom stereocenters. The first-order chi connectivity index (χ1) is 17.4. The van der Waals surface area contributed by atoms with Gasteiger partial charge in [0.1, 0.15) is 6.10 Å². The molecule has 0 saturated carbocycles. The first kappa shape index (κ1) is 27.4. The van der Waals surface area contributed by atoms with Gasteiger partial charge in [0.15, 0.2) is 0 Å². The number of rotatable bonds is 15. The van der Waals surface area contributed by atoms with Crippen molar-refractivity contribution in [2.75, 3.05) is 19.4 Å². The summed E-state index contributed by atoms with van der Waals surface area (Å²) < 4.78 is 42.2. The summed E-state index contributed by atoms with van der Waals surface area (Å²) in [5.41, 5.74) is 11.9. The van der Waals surface area contributed by atoms with Crippen LogP contribution in [0.4, 0.5) is 0 Å². The molecule has 0 aliphatic heterocycles. The van der Waals surface area contributed by atoms with Gasteiger partial charge in [-0.3, -0.25) is 4.18 Å². The van der Waals surface area contributed by atoms with Crippen LogP contribution in [-0.4, -0.2) is 40.0 Å². The van der Waals surface area contributed by atoms with Gasteiger partial charge in [0.2, 0.25) is 0 Å². The fourth-order valence-electron chi connectivity index (χ4n) is 3.93. The highest BCUT2D eigenvalue weighted by Crippen LogP contribution is 2.24. The Morgan fingerprint density at radius 3 is 1.89 bits per heavy atom. The van der Waals surface area contributed by atoms with Gasteiger partial charge < -0.3 is 9.47 Å². The number of benzene rings is 3.